The minimum atomic E-state index is -0.319. The maximum Gasteiger partial charge on any atom is 0.338 e. The normalized spacial score (nSPS) is 11.0. The Labute approximate surface area is 163 Å². The summed E-state index contributed by atoms with van der Waals surface area (Å²) in [5.74, 6) is 0.586. The zero-order valence-corrected chi connectivity index (χ0v) is 15.8. The molecule has 0 aliphatic heterocycles. The Morgan fingerprint density at radius 1 is 1.11 bits per heavy atom. The molecular formula is C22H22N4O2. The molecule has 2 aromatic heterocycles. The molecule has 0 aliphatic carbocycles. The zero-order valence-electron chi connectivity index (χ0n) is 15.8. The Bertz CT molecular complexity index is 1070. The van der Waals surface area contributed by atoms with Crippen molar-refractivity contribution in [3.05, 3.63) is 72.8 Å². The van der Waals surface area contributed by atoms with Gasteiger partial charge in [-0.25, -0.2) is 14.8 Å². The van der Waals surface area contributed by atoms with Crippen molar-refractivity contribution in [1.82, 2.24) is 19.1 Å². The van der Waals surface area contributed by atoms with Gasteiger partial charge in [0, 0.05) is 31.0 Å². The van der Waals surface area contributed by atoms with Crippen LogP contribution in [0.1, 0.15) is 23.7 Å². The van der Waals surface area contributed by atoms with E-state index in [9.17, 15) is 4.79 Å². The molecular weight excluding hydrogens is 352 g/mol. The molecule has 0 atom stereocenters. The number of imidazole rings is 2. The highest BCUT2D eigenvalue weighted by Crippen LogP contribution is 2.26. The van der Waals surface area contributed by atoms with Crippen molar-refractivity contribution in [3.8, 4) is 11.4 Å². The van der Waals surface area contributed by atoms with Crippen molar-refractivity contribution >= 4 is 17.0 Å². The molecule has 0 saturated carbocycles. The predicted octanol–water partition coefficient (Wildman–Crippen LogP) is 4.17. The summed E-state index contributed by atoms with van der Waals surface area (Å²) in [6.07, 6.45) is 6.53. The molecule has 28 heavy (non-hydrogen) atoms. The first-order valence-electron chi connectivity index (χ1n) is 9.45. The van der Waals surface area contributed by atoms with Crippen LogP contribution >= 0.6 is 0 Å². The van der Waals surface area contributed by atoms with E-state index in [4.69, 9.17) is 9.72 Å². The second-order valence-electron chi connectivity index (χ2n) is 6.53. The molecule has 2 heterocycles. The van der Waals surface area contributed by atoms with Gasteiger partial charge in [-0.3, -0.25) is 0 Å². The Morgan fingerprint density at radius 3 is 2.71 bits per heavy atom. The summed E-state index contributed by atoms with van der Waals surface area (Å²) in [6, 6.07) is 15.7. The first-order valence-corrected chi connectivity index (χ1v) is 9.45. The highest BCUT2D eigenvalue weighted by Gasteiger charge is 2.15. The van der Waals surface area contributed by atoms with Crippen LogP contribution < -0.4 is 0 Å². The molecule has 0 saturated heterocycles. The quantitative estimate of drug-likeness (QED) is 0.456. The van der Waals surface area contributed by atoms with Gasteiger partial charge in [0.25, 0.3) is 0 Å². The van der Waals surface area contributed by atoms with Crippen LogP contribution in [0, 0.1) is 0 Å². The number of hydrogen-bond donors (Lipinski definition) is 0. The maximum atomic E-state index is 12.1. The van der Waals surface area contributed by atoms with Gasteiger partial charge in [0.05, 0.1) is 29.5 Å². The van der Waals surface area contributed by atoms with Crippen molar-refractivity contribution < 1.29 is 9.53 Å². The van der Waals surface area contributed by atoms with Gasteiger partial charge in [-0.2, -0.15) is 0 Å². The van der Waals surface area contributed by atoms with Crippen LogP contribution in [0.25, 0.3) is 22.4 Å². The molecule has 0 fully saturated rings. The van der Waals surface area contributed by atoms with Crippen LogP contribution in [0.15, 0.2) is 67.3 Å². The molecule has 4 aromatic rings. The Kier molecular flexibility index (Phi) is 5.19. The minimum Gasteiger partial charge on any atom is -0.462 e. The highest BCUT2D eigenvalue weighted by atomic mass is 16.5. The van der Waals surface area contributed by atoms with Crippen molar-refractivity contribution in [2.24, 2.45) is 0 Å². The SMILES string of the molecule is CCOC(=O)c1ccc2c(c1)nc(-c1ccccc1)n2CCCn1ccnc1. The topological polar surface area (TPSA) is 61.9 Å². The number of hydrogen-bond acceptors (Lipinski definition) is 4. The molecule has 2 aromatic carbocycles. The molecule has 0 bridgehead atoms. The van der Waals surface area contributed by atoms with Crippen LogP contribution in [0.5, 0.6) is 0 Å². The van der Waals surface area contributed by atoms with Crippen molar-refractivity contribution in [2.75, 3.05) is 6.61 Å². The number of aromatic nitrogens is 4. The number of benzene rings is 2. The van der Waals surface area contributed by atoms with Gasteiger partial charge >= 0.3 is 5.97 Å². The van der Waals surface area contributed by atoms with Crippen LogP contribution in [0.4, 0.5) is 0 Å². The fourth-order valence-electron chi connectivity index (χ4n) is 3.34. The highest BCUT2D eigenvalue weighted by molar-refractivity contribution is 5.94. The van der Waals surface area contributed by atoms with E-state index in [0.717, 1.165) is 41.9 Å². The van der Waals surface area contributed by atoms with E-state index >= 15 is 0 Å². The largest absolute Gasteiger partial charge is 0.462 e. The summed E-state index contributed by atoms with van der Waals surface area (Å²) >= 11 is 0. The molecule has 0 radical (unpaired) electrons. The number of fused-ring (bicyclic) bond motifs is 1. The average Bonchev–Trinajstić information content (AvgIpc) is 3.36. The minimum absolute atomic E-state index is 0.319. The Balaban J connectivity index is 1.70. The summed E-state index contributed by atoms with van der Waals surface area (Å²) in [5, 5.41) is 0. The number of carbonyl (C=O) groups excluding carboxylic acids is 1. The summed E-state index contributed by atoms with van der Waals surface area (Å²) < 4.78 is 9.41. The van der Waals surface area contributed by atoms with Crippen LogP contribution in [0.2, 0.25) is 0 Å². The van der Waals surface area contributed by atoms with Gasteiger partial charge in [0.1, 0.15) is 5.82 Å². The lowest BCUT2D eigenvalue weighted by Crippen LogP contribution is -2.05. The number of carbonyl (C=O) groups is 1. The van der Waals surface area contributed by atoms with Crippen molar-refractivity contribution in [3.63, 3.8) is 0 Å². The van der Waals surface area contributed by atoms with Gasteiger partial charge in [0.15, 0.2) is 0 Å². The molecule has 0 unspecified atom stereocenters. The smallest absolute Gasteiger partial charge is 0.338 e. The maximum absolute atomic E-state index is 12.1. The van der Waals surface area contributed by atoms with Crippen LogP contribution in [-0.4, -0.2) is 31.7 Å². The van der Waals surface area contributed by atoms with E-state index in [0.29, 0.717) is 12.2 Å². The first-order chi connectivity index (χ1) is 13.8. The number of rotatable bonds is 7. The third kappa shape index (κ3) is 3.67. The van der Waals surface area contributed by atoms with Gasteiger partial charge in [0.2, 0.25) is 0 Å². The summed E-state index contributed by atoms with van der Waals surface area (Å²) in [7, 11) is 0. The lowest BCUT2D eigenvalue weighted by atomic mass is 10.2. The third-order valence-corrected chi connectivity index (χ3v) is 4.65. The third-order valence-electron chi connectivity index (χ3n) is 4.65. The average molecular weight is 374 g/mol. The number of ether oxygens (including phenoxy) is 1. The number of aryl methyl sites for hydroxylation is 2. The second kappa shape index (κ2) is 8.08. The van der Waals surface area contributed by atoms with E-state index in [1.165, 1.54) is 0 Å². The zero-order chi connectivity index (χ0) is 19.3. The molecule has 6 nitrogen and oxygen atoms in total. The monoisotopic (exact) mass is 374 g/mol. The van der Waals surface area contributed by atoms with E-state index in [2.05, 4.69) is 26.3 Å². The lowest BCUT2D eigenvalue weighted by Gasteiger charge is -2.10. The van der Waals surface area contributed by atoms with Crippen LogP contribution in [-0.2, 0) is 17.8 Å². The molecule has 6 heteroatoms. The van der Waals surface area contributed by atoms with Gasteiger partial charge < -0.3 is 13.9 Å². The Hall–Kier alpha value is -3.41. The van der Waals surface area contributed by atoms with Crippen molar-refractivity contribution in [1.29, 1.82) is 0 Å². The fraction of sp³-hybridized carbons (Fsp3) is 0.227. The van der Waals surface area contributed by atoms with E-state index in [1.807, 2.05) is 48.9 Å². The molecule has 0 spiro atoms. The van der Waals surface area contributed by atoms with Gasteiger partial charge in [-0.1, -0.05) is 30.3 Å². The van der Waals surface area contributed by atoms with Crippen molar-refractivity contribution in [2.45, 2.75) is 26.4 Å². The standard InChI is InChI=1S/C22H22N4O2/c1-2-28-22(27)18-9-10-20-19(15-18)24-21(17-7-4-3-5-8-17)26(20)13-6-12-25-14-11-23-16-25/h3-5,7-11,14-16H,2,6,12-13H2,1H3. The number of nitrogens with zero attached hydrogens (tertiary/aromatic N) is 4. The molecule has 0 amide bonds. The first kappa shape index (κ1) is 18.0. The lowest BCUT2D eigenvalue weighted by molar-refractivity contribution is 0.0526. The summed E-state index contributed by atoms with van der Waals surface area (Å²) in [4.78, 5) is 21.0. The van der Waals surface area contributed by atoms with E-state index in [-0.39, 0.29) is 5.97 Å². The van der Waals surface area contributed by atoms with E-state index < -0.39 is 0 Å². The van der Waals surface area contributed by atoms with Crippen LogP contribution in [0.3, 0.4) is 0 Å². The molecule has 142 valence electrons. The predicted molar refractivity (Wildman–Crippen MR) is 108 cm³/mol. The summed E-state index contributed by atoms with van der Waals surface area (Å²) in [6.45, 7) is 3.86. The fourth-order valence-corrected chi connectivity index (χ4v) is 3.34. The van der Waals surface area contributed by atoms with Gasteiger partial charge in [-0.05, 0) is 31.5 Å². The summed E-state index contributed by atoms with van der Waals surface area (Å²) in [5.41, 5.74) is 3.39. The second-order valence-corrected chi connectivity index (χ2v) is 6.53. The number of esters is 1. The van der Waals surface area contributed by atoms with E-state index in [1.54, 1.807) is 13.1 Å². The van der Waals surface area contributed by atoms with Gasteiger partial charge in [-0.15, -0.1) is 0 Å². The molecule has 0 aliphatic rings. The molecule has 0 N–H and O–H groups in total. The Morgan fingerprint density at radius 2 is 1.96 bits per heavy atom. The molecule has 4 rings (SSSR count).